The Morgan fingerprint density at radius 2 is 2.18 bits per heavy atom. The van der Waals surface area contributed by atoms with E-state index in [9.17, 15) is 0 Å². The van der Waals surface area contributed by atoms with E-state index in [0.717, 1.165) is 0 Å². The maximum atomic E-state index is 5.75. The SMILES string of the molecule is C#Cc1nc(N)c2nn(C)c(OC(C)S)c2n1. The molecule has 0 spiro atoms. The lowest BCUT2D eigenvalue weighted by Crippen LogP contribution is -2.07. The summed E-state index contributed by atoms with van der Waals surface area (Å²) in [5.74, 6) is 3.25. The molecular formula is C10H11N5OS. The summed E-state index contributed by atoms with van der Waals surface area (Å²) < 4.78 is 7.03. The van der Waals surface area contributed by atoms with Crippen LogP contribution < -0.4 is 10.5 Å². The zero-order valence-corrected chi connectivity index (χ0v) is 10.3. The maximum Gasteiger partial charge on any atom is 0.240 e. The number of nitrogens with zero attached hydrogens (tertiary/aromatic N) is 4. The summed E-state index contributed by atoms with van der Waals surface area (Å²) in [5, 5.41) is 4.18. The van der Waals surface area contributed by atoms with Crippen molar-refractivity contribution in [1.29, 1.82) is 0 Å². The maximum absolute atomic E-state index is 5.75. The van der Waals surface area contributed by atoms with Crippen molar-refractivity contribution in [3.05, 3.63) is 5.82 Å². The lowest BCUT2D eigenvalue weighted by Gasteiger charge is -2.08. The Kier molecular flexibility index (Phi) is 2.81. The lowest BCUT2D eigenvalue weighted by atomic mass is 10.4. The van der Waals surface area contributed by atoms with Crippen LogP contribution in [0, 0.1) is 12.3 Å². The van der Waals surface area contributed by atoms with Crippen molar-refractivity contribution in [3.63, 3.8) is 0 Å². The van der Waals surface area contributed by atoms with Gasteiger partial charge >= 0.3 is 0 Å². The van der Waals surface area contributed by atoms with Crippen molar-refractivity contribution < 1.29 is 4.74 Å². The van der Waals surface area contributed by atoms with Gasteiger partial charge in [-0.2, -0.15) is 5.10 Å². The molecule has 17 heavy (non-hydrogen) atoms. The second-order valence-electron chi connectivity index (χ2n) is 3.42. The highest BCUT2D eigenvalue weighted by Gasteiger charge is 2.17. The van der Waals surface area contributed by atoms with Crippen molar-refractivity contribution in [2.45, 2.75) is 12.4 Å². The average molecular weight is 249 g/mol. The van der Waals surface area contributed by atoms with Gasteiger partial charge in [0.1, 0.15) is 5.44 Å². The van der Waals surface area contributed by atoms with E-state index in [2.05, 4.69) is 33.6 Å². The van der Waals surface area contributed by atoms with Crippen LogP contribution >= 0.6 is 12.6 Å². The molecule has 0 aliphatic rings. The zero-order valence-electron chi connectivity index (χ0n) is 9.38. The minimum Gasteiger partial charge on any atom is -0.462 e. The highest BCUT2D eigenvalue weighted by Crippen LogP contribution is 2.27. The van der Waals surface area contributed by atoms with Gasteiger partial charge in [0.2, 0.25) is 11.7 Å². The van der Waals surface area contributed by atoms with Gasteiger partial charge in [-0.25, -0.2) is 14.6 Å². The van der Waals surface area contributed by atoms with Gasteiger partial charge in [0.15, 0.2) is 16.9 Å². The summed E-state index contributed by atoms with van der Waals surface area (Å²) in [6.07, 6.45) is 5.25. The first-order valence-corrected chi connectivity index (χ1v) is 5.36. The van der Waals surface area contributed by atoms with Crippen LogP contribution in [0.15, 0.2) is 0 Å². The van der Waals surface area contributed by atoms with Gasteiger partial charge in [0.05, 0.1) is 0 Å². The van der Waals surface area contributed by atoms with Crippen LogP contribution in [-0.4, -0.2) is 25.2 Å². The Morgan fingerprint density at radius 3 is 2.76 bits per heavy atom. The predicted octanol–water partition coefficient (Wildman–Crippen LogP) is 0.581. The third-order valence-corrected chi connectivity index (χ3v) is 2.17. The summed E-state index contributed by atoms with van der Waals surface area (Å²) in [6.45, 7) is 1.79. The van der Waals surface area contributed by atoms with Gasteiger partial charge in [0, 0.05) is 7.05 Å². The summed E-state index contributed by atoms with van der Waals surface area (Å²) in [7, 11) is 1.72. The van der Waals surface area contributed by atoms with E-state index in [0.29, 0.717) is 16.9 Å². The Hall–Kier alpha value is -1.94. The van der Waals surface area contributed by atoms with Gasteiger partial charge < -0.3 is 10.5 Å². The van der Waals surface area contributed by atoms with E-state index in [1.54, 1.807) is 14.0 Å². The monoisotopic (exact) mass is 249 g/mol. The molecule has 6 nitrogen and oxygen atoms in total. The second kappa shape index (κ2) is 4.14. The number of anilines is 1. The van der Waals surface area contributed by atoms with E-state index >= 15 is 0 Å². The number of fused-ring (bicyclic) bond motifs is 1. The molecule has 0 saturated carbocycles. The predicted molar refractivity (Wildman–Crippen MR) is 67.7 cm³/mol. The molecule has 0 amide bonds. The summed E-state index contributed by atoms with van der Waals surface area (Å²) in [6, 6.07) is 0. The molecule has 0 aromatic carbocycles. The number of ether oxygens (including phenoxy) is 1. The van der Waals surface area contributed by atoms with Crippen LogP contribution in [0.25, 0.3) is 11.0 Å². The minimum absolute atomic E-state index is 0.208. The standard InChI is InChI=1S/C10H11N5OS/c1-4-6-12-8-7(9(11)13-6)14-15(3)10(8)16-5(2)17/h1,5,17H,2-3H3,(H2,11,12,13). The normalized spacial score (nSPS) is 12.4. The van der Waals surface area contributed by atoms with E-state index in [1.165, 1.54) is 4.68 Å². The van der Waals surface area contributed by atoms with Crippen LogP contribution in [0.1, 0.15) is 12.7 Å². The second-order valence-corrected chi connectivity index (χ2v) is 4.15. The fourth-order valence-corrected chi connectivity index (χ4v) is 1.53. The topological polar surface area (TPSA) is 78.8 Å². The smallest absolute Gasteiger partial charge is 0.240 e. The lowest BCUT2D eigenvalue weighted by molar-refractivity contribution is 0.285. The number of aryl methyl sites for hydroxylation is 1. The molecule has 0 aliphatic heterocycles. The van der Waals surface area contributed by atoms with Crippen LogP contribution in [0.4, 0.5) is 5.82 Å². The molecule has 2 aromatic rings. The molecule has 0 saturated heterocycles. The van der Waals surface area contributed by atoms with Crippen molar-refractivity contribution >= 4 is 29.5 Å². The van der Waals surface area contributed by atoms with Crippen molar-refractivity contribution in [2.75, 3.05) is 5.73 Å². The molecule has 2 heterocycles. The molecule has 2 aromatic heterocycles. The van der Waals surface area contributed by atoms with Gasteiger partial charge in [-0.3, -0.25) is 0 Å². The molecule has 0 radical (unpaired) electrons. The molecule has 1 atom stereocenters. The molecule has 88 valence electrons. The van der Waals surface area contributed by atoms with Gasteiger partial charge in [0.25, 0.3) is 0 Å². The summed E-state index contributed by atoms with van der Waals surface area (Å²) >= 11 is 4.15. The van der Waals surface area contributed by atoms with E-state index < -0.39 is 0 Å². The largest absolute Gasteiger partial charge is 0.462 e. The van der Waals surface area contributed by atoms with Crippen LogP contribution in [-0.2, 0) is 7.05 Å². The quantitative estimate of drug-likeness (QED) is 0.462. The fourth-order valence-electron chi connectivity index (χ4n) is 1.43. The minimum atomic E-state index is -0.293. The first-order chi connectivity index (χ1) is 8.02. The van der Waals surface area contributed by atoms with E-state index in [4.69, 9.17) is 16.9 Å². The Morgan fingerprint density at radius 1 is 1.47 bits per heavy atom. The molecule has 0 bridgehead atoms. The fraction of sp³-hybridized carbons (Fsp3) is 0.300. The molecule has 0 aliphatic carbocycles. The highest BCUT2D eigenvalue weighted by molar-refractivity contribution is 7.80. The Bertz CT molecular complexity index is 613. The number of terminal acetylenes is 1. The Balaban J connectivity index is 2.71. The summed E-state index contributed by atoms with van der Waals surface area (Å²) in [4.78, 5) is 8.09. The van der Waals surface area contributed by atoms with Crippen molar-refractivity contribution in [3.8, 4) is 18.2 Å². The molecular weight excluding hydrogens is 238 g/mol. The molecule has 2 N–H and O–H groups in total. The van der Waals surface area contributed by atoms with E-state index in [1.807, 2.05) is 0 Å². The number of hydrogen-bond acceptors (Lipinski definition) is 6. The molecule has 1 unspecified atom stereocenters. The average Bonchev–Trinajstić information content (AvgIpc) is 2.56. The number of hydrogen-bond donors (Lipinski definition) is 2. The number of rotatable bonds is 2. The van der Waals surface area contributed by atoms with E-state index in [-0.39, 0.29) is 17.1 Å². The van der Waals surface area contributed by atoms with Crippen molar-refractivity contribution in [2.24, 2.45) is 7.05 Å². The van der Waals surface area contributed by atoms with Gasteiger partial charge in [-0.1, -0.05) is 0 Å². The van der Waals surface area contributed by atoms with Gasteiger partial charge in [-0.05, 0) is 12.8 Å². The first-order valence-electron chi connectivity index (χ1n) is 4.84. The third-order valence-electron chi connectivity index (χ3n) is 2.07. The molecule has 2 rings (SSSR count). The van der Waals surface area contributed by atoms with Crippen molar-refractivity contribution in [1.82, 2.24) is 19.7 Å². The number of thiol groups is 1. The van der Waals surface area contributed by atoms with Crippen LogP contribution in [0.5, 0.6) is 5.88 Å². The molecule has 0 fully saturated rings. The highest BCUT2D eigenvalue weighted by atomic mass is 32.1. The number of nitrogen functional groups attached to an aromatic ring is 1. The van der Waals surface area contributed by atoms with Gasteiger partial charge in [-0.15, -0.1) is 19.1 Å². The first kappa shape index (κ1) is 11.5. The summed E-state index contributed by atoms with van der Waals surface area (Å²) in [5.41, 5.74) is 6.42. The molecule has 7 heteroatoms. The third kappa shape index (κ3) is 1.99. The van der Waals surface area contributed by atoms with Crippen LogP contribution in [0.3, 0.4) is 0 Å². The number of nitrogens with two attached hydrogens (primary N) is 1. The number of aromatic nitrogens is 4. The van der Waals surface area contributed by atoms with Crippen LogP contribution in [0.2, 0.25) is 0 Å². The Labute approximate surface area is 104 Å². The zero-order chi connectivity index (χ0) is 12.6.